The standard InChI is InChI=1S/C54H37NO/c1-2-15-38-31-42(30-29-36(38)13-1)39-19-9-21-44(32-39)55(45-22-10-20-43(33-45)47-25-11-18-37-14-5-6-23-46(37)47)51-27-8-7-24-48(51)49-26-12-28-52-54(49)50-34-40-16-3-4-17-41(40)35-53(50)56-52/h1-35,50,53H. The van der Waals surface area contributed by atoms with Crippen molar-refractivity contribution in [3.8, 4) is 39.1 Å². The van der Waals surface area contributed by atoms with E-state index < -0.39 is 0 Å². The van der Waals surface area contributed by atoms with Crippen LogP contribution < -0.4 is 20.1 Å². The molecule has 0 fully saturated rings. The molecule has 2 nitrogen and oxygen atoms in total. The van der Waals surface area contributed by atoms with E-state index in [0.29, 0.717) is 0 Å². The molecule has 1 aliphatic heterocycles. The summed E-state index contributed by atoms with van der Waals surface area (Å²) in [5.41, 5.74) is 11.6. The molecule has 2 unspecified atom stereocenters. The van der Waals surface area contributed by atoms with Crippen LogP contribution in [0.3, 0.4) is 0 Å². The van der Waals surface area contributed by atoms with Crippen molar-refractivity contribution in [3.63, 3.8) is 0 Å². The van der Waals surface area contributed by atoms with E-state index in [2.05, 4.69) is 217 Å². The van der Waals surface area contributed by atoms with E-state index in [9.17, 15) is 0 Å². The minimum absolute atomic E-state index is 0.0414. The van der Waals surface area contributed by atoms with Crippen LogP contribution in [-0.4, -0.2) is 6.10 Å². The summed E-state index contributed by atoms with van der Waals surface area (Å²) in [7, 11) is 0. The van der Waals surface area contributed by atoms with E-state index in [4.69, 9.17) is 4.74 Å². The Morgan fingerprint density at radius 2 is 1.00 bits per heavy atom. The second kappa shape index (κ2) is 13.3. The molecule has 0 saturated carbocycles. The molecule has 9 aromatic carbocycles. The van der Waals surface area contributed by atoms with Crippen molar-refractivity contribution >= 4 is 50.8 Å². The molecule has 0 radical (unpaired) electrons. The topological polar surface area (TPSA) is 12.5 Å². The largest absolute Gasteiger partial charge is 0.485 e. The highest BCUT2D eigenvalue weighted by Gasteiger charge is 2.35. The minimum Gasteiger partial charge on any atom is -0.485 e. The summed E-state index contributed by atoms with van der Waals surface area (Å²) < 4.78 is 6.69. The van der Waals surface area contributed by atoms with Gasteiger partial charge in [0, 0.05) is 28.4 Å². The fraction of sp³-hybridized carbons (Fsp3) is 0.0370. The lowest BCUT2D eigenvalue weighted by Gasteiger charge is -2.29. The molecule has 11 rings (SSSR count). The van der Waals surface area contributed by atoms with Gasteiger partial charge in [-0.1, -0.05) is 164 Å². The maximum Gasteiger partial charge on any atom is 0.128 e. The molecule has 9 aromatic rings. The molecule has 264 valence electrons. The molecule has 0 spiro atoms. The number of hydrogen-bond donors (Lipinski definition) is 0. The molecule has 56 heavy (non-hydrogen) atoms. The number of fused-ring (bicyclic) bond motifs is 6. The zero-order valence-electron chi connectivity index (χ0n) is 30.7. The Morgan fingerprint density at radius 1 is 0.393 bits per heavy atom. The van der Waals surface area contributed by atoms with Crippen LogP contribution in [0, 0.1) is 0 Å². The zero-order valence-corrected chi connectivity index (χ0v) is 30.7. The Kier molecular flexibility index (Phi) is 7.67. The van der Waals surface area contributed by atoms with Gasteiger partial charge in [-0.25, -0.2) is 0 Å². The van der Waals surface area contributed by atoms with Crippen molar-refractivity contribution in [1.29, 1.82) is 0 Å². The summed E-state index contributed by atoms with van der Waals surface area (Å²) in [4.78, 5) is 2.44. The quantitative estimate of drug-likeness (QED) is 0.170. The molecule has 0 N–H and O–H groups in total. The number of anilines is 3. The molecular formula is C54H37NO. The van der Waals surface area contributed by atoms with E-state index in [1.807, 2.05) is 0 Å². The van der Waals surface area contributed by atoms with Crippen LogP contribution in [0.2, 0.25) is 0 Å². The molecular weight excluding hydrogens is 679 g/mol. The maximum atomic E-state index is 6.69. The van der Waals surface area contributed by atoms with Crippen LogP contribution in [0.1, 0.15) is 11.5 Å². The fourth-order valence-corrected chi connectivity index (χ4v) is 8.92. The molecule has 1 heterocycles. The summed E-state index contributed by atoms with van der Waals surface area (Å²) in [5.74, 6) is 1.07. The second-order valence-electron chi connectivity index (χ2n) is 14.8. The van der Waals surface area contributed by atoms with Gasteiger partial charge in [0.05, 0.1) is 5.69 Å². The van der Waals surface area contributed by atoms with E-state index in [-0.39, 0.29) is 12.0 Å². The molecule has 0 amide bonds. The molecule has 2 heteroatoms. The van der Waals surface area contributed by atoms with Crippen LogP contribution in [0.25, 0.3) is 67.1 Å². The van der Waals surface area contributed by atoms with E-state index in [1.54, 1.807) is 0 Å². The highest BCUT2D eigenvalue weighted by atomic mass is 16.5. The van der Waals surface area contributed by atoms with E-state index >= 15 is 0 Å². The first-order valence-electron chi connectivity index (χ1n) is 19.4. The van der Waals surface area contributed by atoms with Gasteiger partial charge in [-0.05, 0) is 108 Å². The molecule has 0 bridgehead atoms. The molecule has 0 aromatic heterocycles. The van der Waals surface area contributed by atoms with Gasteiger partial charge in [-0.15, -0.1) is 0 Å². The smallest absolute Gasteiger partial charge is 0.128 e. The third kappa shape index (κ3) is 5.49. The highest BCUT2D eigenvalue weighted by molar-refractivity contribution is 5.98. The Balaban J connectivity index is 1.11. The van der Waals surface area contributed by atoms with Crippen LogP contribution in [-0.2, 0) is 0 Å². The number of hydrogen-bond acceptors (Lipinski definition) is 2. The summed E-state index contributed by atoms with van der Waals surface area (Å²) >= 11 is 0. The van der Waals surface area contributed by atoms with Gasteiger partial charge in [0.2, 0.25) is 0 Å². The third-order valence-electron chi connectivity index (χ3n) is 11.5. The minimum atomic E-state index is -0.0414. The Morgan fingerprint density at radius 3 is 1.88 bits per heavy atom. The highest BCUT2D eigenvalue weighted by Crippen LogP contribution is 2.50. The van der Waals surface area contributed by atoms with E-state index in [1.165, 1.54) is 65.4 Å². The first-order chi connectivity index (χ1) is 27.7. The van der Waals surface area contributed by atoms with Crippen molar-refractivity contribution in [2.45, 2.75) is 12.0 Å². The van der Waals surface area contributed by atoms with Crippen molar-refractivity contribution < 1.29 is 4.74 Å². The van der Waals surface area contributed by atoms with Crippen LogP contribution in [0.5, 0.6) is 5.75 Å². The first-order valence-corrected chi connectivity index (χ1v) is 19.4. The van der Waals surface area contributed by atoms with Gasteiger partial charge in [-0.2, -0.15) is 0 Å². The summed E-state index contributed by atoms with van der Waals surface area (Å²) in [5, 5.41) is 7.44. The van der Waals surface area contributed by atoms with Crippen molar-refractivity contribution in [2.75, 3.05) is 4.90 Å². The monoisotopic (exact) mass is 715 g/mol. The van der Waals surface area contributed by atoms with Crippen molar-refractivity contribution in [3.05, 3.63) is 216 Å². The molecule has 0 saturated heterocycles. The van der Waals surface area contributed by atoms with Crippen LogP contribution in [0.4, 0.5) is 17.1 Å². The number of nitrogens with zero attached hydrogens (tertiary/aromatic N) is 1. The number of benzene rings is 9. The number of rotatable bonds is 6. The molecule has 1 aliphatic carbocycles. The maximum absolute atomic E-state index is 6.69. The second-order valence-corrected chi connectivity index (χ2v) is 14.8. The van der Waals surface area contributed by atoms with Gasteiger partial charge >= 0.3 is 0 Å². The number of ether oxygens (including phenoxy) is 1. The van der Waals surface area contributed by atoms with Crippen molar-refractivity contribution in [1.82, 2.24) is 0 Å². The average Bonchev–Trinajstić information content (AvgIpc) is 3.63. The van der Waals surface area contributed by atoms with Gasteiger partial charge in [0.25, 0.3) is 0 Å². The first kappa shape index (κ1) is 32.3. The summed E-state index contributed by atoms with van der Waals surface area (Å²) in [6.07, 6.45) is 4.65. The Labute approximate surface area is 326 Å². The zero-order chi connectivity index (χ0) is 37.0. The lowest BCUT2D eigenvalue weighted by atomic mass is 9.85. The van der Waals surface area contributed by atoms with Crippen molar-refractivity contribution in [2.24, 2.45) is 0 Å². The average molecular weight is 716 g/mol. The third-order valence-corrected chi connectivity index (χ3v) is 11.5. The van der Waals surface area contributed by atoms with Crippen LogP contribution >= 0.6 is 0 Å². The predicted octanol–water partition coefficient (Wildman–Crippen LogP) is 12.6. The SMILES string of the molecule is C1=c2ccccc2=CC2c3c(cccc3-c3ccccc3N(c3cccc(-c4ccc5ccccc5c4)c3)c3cccc(-c4cccc5ccccc45)c3)OC12. The lowest BCUT2D eigenvalue weighted by Crippen LogP contribution is -2.34. The molecule has 2 atom stereocenters. The van der Waals surface area contributed by atoms with Gasteiger partial charge in [-0.3, -0.25) is 0 Å². The summed E-state index contributed by atoms with van der Waals surface area (Å²) in [6.45, 7) is 0. The summed E-state index contributed by atoms with van der Waals surface area (Å²) in [6, 6.07) is 72.6. The van der Waals surface area contributed by atoms with Gasteiger partial charge in [0.15, 0.2) is 0 Å². The Hall–Kier alpha value is -7.16. The van der Waals surface area contributed by atoms with Crippen LogP contribution in [0.15, 0.2) is 200 Å². The van der Waals surface area contributed by atoms with Gasteiger partial charge in [0.1, 0.15) is 11.9 Å². The molecule has 2 aliphatic rings. The van der Waals surface area contributed by atoms with Gasteiger partial charge < -0.3 is 9.64 Å². The fourth-order valence-electron chi connectivity index (χ4n) is 8.92. The van der Waals surface area contributed by atoms with E-state index in [0.717, 1.165) is 28.4 Å². The lowest BCUT2D eigenvalue weighted by molar-refractivity contribution is 0.288. The Bertz CT molecular complexity index is 3100. The number of para-hydroxylation sites is 1. The predicted molar refractivity (Wildman–Crippen MR) is 234 cm³/mol. The normalized spacial score (nSPS) is 15.2.